The van der Waals surface area contributed by atoms with Gasteiger partial charge in [-0.3, -0.25) is 14.1 Å². The number of likely N-dealkylation sites (tertiary alicyclic amines) is 1. The normalized spacial score (nSPS) is 30.6. The van der Waals surface area contributed by atoms with E-state index in [1.165, 1.54) is 25.9 Å². The van der Waals surface area contributed by atoms with Crippen molar-refractivity contribution in [1.29, 1.82) is 0 Å². The minimum absolute atomic E-state index is 0.350. The van der Waals surface area contributed by atoms with Crippen LogP contribution in [-0.2, 0) is 10.8 Å². The van der Waals surface area contributed by atoms with E-state index in [0.29, 0.717) is 17.3 Å². The van der Waals surface area contributed by atoms with Crippen LogP contribution in [-0.4, -0.2) is 64.3 Å². The van der Waals surface area contributed by atoms with Crippen LogP contribution in [0.1, 0.15) is 66.2 Å². The zero-order chi connectivity index (χ0) is 18.9. The molecule has 1 heterocycles. The lowest BCUT2D eigenvalue weighted by Gasteiger charge is -2.35. The van der Waals surface area contributed by atoms with Crippen LogP contribution < -0.4 is 10.6 Å². The Morgan fingerprint density at radius 1 is 1.27 bits per heavy atom. The molecule has 0 aromatic rings. The molecule has 6 heteroatoms. The Labute approximate surface area is 163 Å². The number of nitrogens with one attached hydrogen (secondary N) is 2. The van der Waals surface area contributed by atoms with Crippen LogP contribution in [0.25, 0.3) is 0 Å². The molecule has 152 valence electrons. The molecule has 1 aliphatic heterocycles. The Morgan fingerprint density at radius 3 is 2.77 bits per heavy atom. The first-order chi connectivity index (χ1) is 12.5. The van der Waals surface area contributed by atoms with Crippen molar-refractivity contribution in [3.05, 3.63) is 0 Å². The summed E-state index contributed by atoms with van der Waals surface area (Å²) in [7, 11) is -0.678. The highest BCUT2D eigenvalue weighted by Crippen LogP contribution is 2.23. The third-order valence-electron chi connectivity index (χ3n) is 5.79. The fraction of sp³-hybridized carbons (Fsp3) is 0.950. The molecule has 5 nitrogen and oxygen atoms in total. The summed E-state index contributed by atoms with van der Waals surface area (Å²) in [5.41, 5.74) is 0. The predicted molar refractivity (Wildman–Crippen MR) is 113 cm³/mol. The van der Waals surface area contributed by atoms with Gasteiger partial charge in [0.2, 0.25) is 0 Å². The van der Waals surface area contributed by atoms with E-state index in [1.807, 2.05) is 6.92 Å². The second-order valence-electron chi connectivity index (χ2n) is 8.11. The van der Waals surface area contributed by atoms with Gasteiger partial charge in [-0.2, -0.15) is 0 Å². The molecular formula is C20H40N4OS. The summed E-state index contributed by atoms with van der Waals surface area (Å²) in [6.45, 7) is 12.9. The molecule has 0 aromatic carbocycles. The zero-order valence-electron chi connectivity index (χ0n) is 17.3. The van der Waals surface area contributed by atoms with Gasteiger partial charge in [0, 0.05) is 47.0 Å². The molecule has 1 aliphatic carbocycles. The fourth-order valence-electron chi connectivity index (χ4n) is 4.23. The van der Waals surface area contributed by atoms with Crippen molar-refractivity contribution in [3.63, 3.8) is 0 Å². The summed E-state index contributed by atoms with van der Waals surface area (Å²) in [6.07, 6.45) is 7.10. The third kappa shape index (κ3) is 6.84. The van der Waals surface area contributed by atoms with Gasteiger partial charge < -0.3 is 10.6 Å². The highest BCUT2D eigenvalue weighted by molar-refractivity contribution is 7.85. The van der Waals surface area contributed by atoms with Crippen LogP contribution in [0, 0.1) is 5.92 Å². The quantitative estimate of drug-likeness (QED) is 0.523. The summed E-state index contributed by atoms with van der Waals surface area (Å²) in [5.74, 6) is 2.51. The number of piperidine rings is 1. The summed E-state index contributed by atoms with van der Waals surface area (Å²) in [4.78, 5) is 7.46. The topological polar surface area (TPSA) is 56.7 Å². The molecule has 1 saturated carbocycles. The second kappa shape index (κ2) is 11.3. The second-order valence-corrected chi connectivity index (χ2v) is 10.1. The molecule has 26 heavy (non-hydrogen) atoms. The molecule has 2 aliphatic rings. The maximum atomic E-state index is 12.2. The summed E-state index contributed by atoms with van der Waals surface area (Å²) in [6, 6.07) is 0.882. The lowest BCUT2D eigenvalue weighted by Crippen LogP contribution is -2.47. The van der Waals surface area contributed by atoms with Crippen LogP contribution in [0.2, 0.25) is 0 Å². The SMILES string of the molecule is CCNC(=NCC(C)N1CCCC(C)C1)NC1CCCC(S(=O)CC)C1. The first-order valence-corrected chi connectivity index (χ1v) is 12.1. The molecule has 1 saturated heterocycles. The van der Waals surface area contributed by atoms with Gasteiger partial charge in [-0.05, 0) is 58.4 Å². The van der Waals surface area contributed by atoms with Crippen molar-refractivity contribution in [2.45, 2.75) is 83.6 Å². The number of hydrogen-bond acceptors (Lipinski definition) is 3. The number of hydrogen-bond donors (Lipinski definition) is 2. The van der Waals surface area contributed by atoms with Gasteiger partial charge in [0.15, 0.2) is 5.96 Å². The molecule has 0 amide bonds. The average Bonchev–Trinajstić information content (AvgIpc) is 2.65. The van der Waals surface area contributed by atoms with Gasteiger partial charge in [-0.15, -0.1) is 0 Å². The predicted octanol–water partition coefficient (Wildman–Crippen LogP) is 2.74. The van der Waals surface area contributed by atoms with Gasteiger partial charge in [0.25, 0.3) is 0 Å². The number of nitrogens with zero attached hydrogens (tertiary/aromatic N) is 2. The van der Waals surface area contributed by atoms with E-state index >= 15 is 0 Å². The van der Waals surface area contributed by atoms with Gasteiger partial charge in [0.1, 0.15) is 0 Å². The van der Waals surface area contributed by atoms with E-state index in [2.05, 4.69) is 36.3 Å². The van der Waals surface area contributed by atoms with Crippen molar-refractivity contribution in [2.75, 3.05) is 31.9 Å². The lowest BCUT2D eigenvalue weighted by atomic mass is 9.95. The number of rotatable bonds is 7. The molecule has 0 spiro atoms. The van der Waals surface area contributed by atoms with Gasteiger partial charge in [-0.25, -0.2) is 0 Å². The van der Waals surface area contributed by atoms with Crippen LogP contribution in [0.5, 0.6) is 0 Å². The zero-order valence-corrected chi connectivity index (χ0v) is 18.1. The molecule has 2 rings (SSSR count). The number of guanidine groups is 1. The minimum Gasteiger partial charge on any atom is -0.357 e. The minimum atomic E-state index is -0.678. The van der Waals surface area contributed by atoms with Crippen LogP contribution >= 0.6 is 0 Å². The Hall–Kier alpha value is -0.620. The fourth-order valence-corrected chi connectivity index (χ4v) is 5.58. The highest BCUT2D eigenvalue weighted by Gasteiger charge is 2.26. The smallest absolute Gasteiger partial charge is 0.191 e. The number of aliphatic imine (C=N–C) groups is 1. The molecule has 2 fully saturated rings. The first kappa shape index (κ1) is 21.7. The van der Waals surface area contributed by atoms with Crippen molar-refractivity contribution < 1.29 is 4.21 Å². The summed E-state index contributed by atoms with van der Waals surface area (Å²) >= 11 is 0. The Morgan fingerprint density at radius 2 is 2.08 bits per heavy atom. The van der Waals surface area contributed by atoms with Gasteiger partial charge in [0.05, 0.1) is 6.54 Å². The molecule has 2 N–H and O–H groups in total. The van der Waals surface area contributed by atoms with Crippen molar-refractivity contribution in [3.8, 4) is 0 Å². The first-order valence-electron chi connectivity index (χ1n) is 10.7. The standard InChI is InChI=1S/C20H40N4OS/c1-5-21-20(22-14-17(4)24-12-8-9-16(3)15-24)23-18-10-7-11-19(13-18)26(25)6-2/h16-19H,5-15H2,1-4H3,(H2,21,22,23). The summed E-state index contributed by atoms with van der Waals surface area (Å²) < 4.78 is 12.2. The molecule has 0 bridgehead atoms. The lowest BCUT2D eigenvalue weighted by molar-refractivity contribution is 0.142. The summed E-state index contributed by atoms with van der Waals surface area (Å²) in [5, 5.41) is 7.37. The Kier molecular flexibility index (Phi) is 9.40. The van der Waals surface area contributed by atoms with E-state index in [1.54, 1.807) is 0 Å². The third-order valence-corrected chi connectivity index (χ3v) is 7.53. The molecule has 5 unspecified atom stereocenters. The van der Waals surface area contributed by atoms with E-state index in [0.717, 1.165) is 56.4 Å². The van der Waals surface area contributed by atoms with Gasteiger partial charge >= 0.3 is 0 Å². The molecule has 0 radical (unpaired) electrons. The monoisotopic (exact) mass is 384 g/mol. The van der Waals surface area contributed by atoms with E-state index in [-0.39, 0.29) is 0 Å². The van der Waals surface area contributed by atoms with Crippen molar-refractivity contribution in [2.24, 2.45) is 10.9 Å². The maximum Gasteiger partial charge on any atom is 0.191 e. The molecule has 0 aromatic heterocycles. The highest BCUT2D eigenvalue weighted by atomic mass is 32.2. The van der Waals surface area contributed by atoms with Gasteiger partial charge in [-0.1, -0.05) is 20.3 Å². The van der Waals surface area contributed by atoms with Crippen molar-refractivity contribution in [1.82, 2.24) is 15.5 Å². The Balaban J connectivity index is 1.88. The van der Waals surface area contributed by atoms with E-state index in [9.17, 15) is 4.21 Å². The Bertz CT molecular complexity index is 471. The average molecular weight is 385 g/mol. The molecular weight excluding hydrogens is 344 g/mol. The van der Waals surface area contributed by atoms with E-state index in [4.69, 9.17) is 4.99 Å². The van der Waals surface area contributed by atoms with Crippen LogP contribution in [0.3, 0.4) is 0 Å². The van der Waals surface area contributed by atoms with Crippen LogP contribution in [0.4, 0.5) is 0 Å². The van der Waals surface area contributed by atoms with Crippen LogP contribution in [0.15, 0.2) is 4.99 Å². The molecule has 5 atom stereocenters. The van der Waals surface area contributed by atoms with Crippen molar-refractivity contribution >= 4 is 16.8 Å². The van der Waals surface area contributed by atoms with E-state index < -0.39 is 10.8 Å². The largest absolute Gasteiger partial charge is 0.357 e. The maximum absolute atomic E-state index is 12.2.